The topological polar surface area (TPSA) is 67.2 Å². The van der Waals surface area contributed by atoms with E-state index in [1.165, 1.54) is 0 Å². The van der Waals surface area contributed by atoms with Crippen LogP contribution in [0.5, 0.6) is 0 Å². The van der Waals surface area contributed by atoms with Gasteiger partial charge in [-0.3, -0.25) is 14.3 Å². The van der Waals surface area contributed by atoms with Gasteiger partial charge < -0.3 is 10.2 Å². The third-order valence-electron chi connectivity index (χ3n) is 5.30. The van der Waals surface area contributed by atoms with Gasteiger partial charge in [0.25, 0.3) is 5.91 Å². The Kier molecular flexibility index (Phi) is 5.94. The van der Waals surface area contributed by atoms with Gasteiger partial charge in [-0.05, 0) is 38.2 Å². The number of hydrogen-bond acceptors (Lipinski definition) is 3. The number of carbonyl (C=O) groups excluding carboxylic acids is 2. The predicted molar refractivity (Wildman–Crippen MR) is 104 cm³/mol. The highest BCUT2D eigenvalue weighted by Crippen LogP contribution is 2.23. The number of carbonyl (C=O) groups is 2. The molecule has 27 heavy (non-hydrogen) atoms. The molecule has 2 heterocycles. The molecule has 1 fully saturated rings. The molecule has 1 unspecified atom stereocenters. The van der Waals surface area contributed by atoms with Crippen molar-refractivity contribution >= 4 is 11.8 Å². The van der Waals surface area contributed by atoms with E-state index in [1.807, 2.05) is 56.1 Å². The maximum Gasteiger partial charge on any atom is 0.257 e. The largest absolute Gasteiger partial charge is 0.350 e. The molecular formula is C21H28N4O2. The molecule has 1 atom stereocenters. The van der Waals surface area contributed by atoms with Gasteiger partial charge in [-0.2, -0.15) is 5.10 Å². The summed E-state index contributed by atoms with van der Waals surface area (Å²) >= 11 is 0. The van der Waals surface area contributed by atoms with Crippen molar-refractivity contribution < 1.29 is 9.59 Å². The molecule has 1 aliphatic rings. The molecule has 1 N–H and O–H groups in total. The number of hydrogen-bond donors (Lipinski definition) is 1. The van der Waals surface area contributed by atoms with Gasteiger partial charge in [-0.1, -0.05) is 30.3 Å². The Morgan fingerprint density at radius 1 is 1.22 bits per heavy atom. The van der Waals surface area contributed by atoms with E-state index in [1.54, 1.807) is 10.9 Å². The molecule has 3 rings (SSSR count). The summed E-state index contributed by atoms with van der Waals surface area (Å²) in [6.45, 7) is 5.25. The van der Waals surface area contributed by atoms with Crippen LogP contribution in [0.25, 0.3) is 0 Å². The van der Waals surface area contributed by atoms with E-state index >= 15 is 0 Å². The average molecular weight is 368 g/mol. The molecule has 6 nitrogen and oxygen atoms in total. The average Bonchev–Trinajstić information content (AvgIpc) is 3.00. The number of aromatic nitrogens is 2. The predicted octanol–water partition coefficient (Wildman–Crippen LogP) is 2.85. The smallest absolute Gasteiger partial charge is 0.257 e. The molecule has 1 aliphatic heterocycles. The molecule has 6 heteroatoms. The maximum atomic E-state index is 12.7. The monoisotopic (exact) mass is 368 g/mol. The van der Waals surface area contributed by atoms with Crippen molar-refractivity contribution in [2.24, 2.45) is 13.0 Å². The first-order chi connectivity index (χ1) is 12.9. The Morgan fingerprint density at radius 3 is 2.48 bits per heavy atom. The lowest BCUT2D eigenvalue weighted by molar-refractivity contribution is -0.122. The highest BCUT2D eigenvalue weighted by atomic mass is 16.2. The van der Waals surface area contributed by atoms with E-state index in [0.717, 1.165) is 24.1 Å². The molecule has 2 amide bonds. The van der Waals surface area contributed by atoms with Crippen molar-refractivity contribution in [2.45, 2.75) is 39.2 Å². The van der Waals surface area contributed by atoms with E-state index in [0.29, 0.717) is 31.0 Å². The molecule has 144 valence electrons. The Bertz CT molecular complexity index is 792. The Hall–Kier alpha value is -2.63. The zero-order valence-electron chi connectivity index (χ0n) is 16.3. The number of likely N-dealkylation sites (tertiary alicyclic amines) is 1. The molecule has 0 radical (unpaired) electrons. The van der Waals surface area contributed by atoms with Crippen molar-refractivity contribution in [2.75, 3.05) is 13.1 Å². The van der Waals surface area contributed by atoms with Crippen LogP contribution < -0.4 is 5.32 Å². The van der Waals surface area contributed by atoms with Crippen molar-refractivity contribution in [1.29, 1.82) is 0 Å². The Morgan fingerprint density at radius 2 is 1.89 bits per heavy atom. The first-order valence-electron chi connectivity index (χ1n) is 9.58. The van der Waals surface area contributed by atoms with Crippen LogP contribution in [-0.2, 0) is 11.8 Å². The molecule has 1 aromatic heterocycles. The number of piperidine rings is 1. The van der Waals surface area contributed by atoms with Crippen LogP contribution in [0.15, 0.2) is 36.5 Å². The van der Waals surface area contributed by atoms with E-state index in [2.05, 4.69) is 10.4 Å². The van der Waals surface area contributed by atoms with Gasteiger partial charge in [0.05, 0.1) is 17.3 Å². The first-order valence-corrected chi connectivity index (χ1v) is 9.58. The van der Waals surface area contributed by atoms with Gasteiger partial charge in [0.2, 0.25) is 5.91 Å². The number of amides is 2. The van der Waals surface area contributed by atoms with Gasteiger partial charge in [0.1, 0.15) is 0 Å². The highest BCUT2D eigenvalue weighted by Gasteiger charge is 2.27. The fourth-order valence-corrected chi connectivity index (χ4v) is 3.71. The summed E-state index contributed by atoms with van der Waals surface area (Å²) in [6, 6.07) is 9.99. The summed E-state index contributed by atoms with van der Waals surface area (Å²) in [4.78, 5) is 26.9. The molecule has 0 saturated carbocycles. The lowest BCUT2D eigenvalue weighted by Crippen LogP contribution is -2.40. The lowest BCUT2D eigenvalue weighted by Gasteiger charge is -2.32. The van der Waals surface area contributed by atoms with Crippen LogP contribution in [0.2, 0.25) is 0 Å². The van der Waals surface area contributed by atoms with Gasteiger partial charge in [-0.25, -0.2) is 0 Å². The number of rotatable bonds is 5. The zero-order valence-corrected chi connectivity index (χ0v) is 16.3. The molecule has 1 saturated heterocycles. The molecule has 0 aliphatic carbocycles. The number of aryl methyl sites for hydroxylation is 2. The second-order valence-electron chi connectivity index (χ2n) is 7.44. The van der Waals surface area contributed by atoms with E-state index in [9.17, 15) is 9.59 Å². The summed E-state index contributed by atoms with van der Waals surface area (Å²) in [5.74, 6) is 0.451. The van der Waals surface area contributed by atoms with E-state index in [-0.39, 0.29) is 17.9 Å². The van der Waals surface area contributed by atoms with E-state index < -0.39 is 0 Å². The minimum Gasteiger partial charge on any atom is -0.350 e. The number of nitrogens with zero attached hydrogens (tertiary/aromatic N) is 3. The van der Waals surface area contributed by atoms with Crippen LogP contribution in [0.1, 0.15) is 53.8 Å². The van der Waals surface area contributed by atoms with Gasteiger partial charge in [0.15, 0.2) is 0 Å². The standard InChI is InChI=1S/C21H28N4O2/c1-15(18-7-5-4-6-8-18)22-20(26)13-17-9-11-25(12-10-17)21(27)19-14-24(3)23-16(19)2/h4-8,14-15,17H,9-13H2,1-3H3,(H,22,26). The highest BCUT2D eigenvalue weighted by molar-refractivity contribution is 5.95. The number of nitrogens with one attached hydrogen (secondary N) is 1. The van der Waals surface area contributed by atoms with Crippen LogP contribution in [-0.4, -0.2) is 39.6 Å². The Balaban J connectivity index is 1.47. The summed E-state index contributed by atoms with van der Waals surface area (Å²) < 4.78 is 1.67. The van der Waals surface area contributed by atoms with Crippen molar-refractivity contribution in [1.82, 2.24) is 20.0 Å². The summed E-state index contributed by atoms with van der Waals surface area (Å²) in [5.41, 5.74) is 2.54. The lowest BCUT2D eigenvalue weighted by atomic mass is 9.92. The summed E-state index contributed by atoms with van der Waals surface area (Å²) in [5, 5.41) is 7.33. The van der Waals surface area contributed by atoms with Crippen LogP contribution >= 0.6 is 0 Å². The van der Waals surface area contributed by atoms with Crippen molar-refractivity contribution in [3.05, 3.63) is 53.3 Å². The van der Waals surface area contributed by atoms with Gasteiger partial charge in [0, 0.05) is 32.8 Å². The SMILES string of the molecule is Cc1nn(C)cc1C(=O)N1CCC(CC(=O)NC(C)c2ccccc2)CC1. The minimum absolute atomic E-state index is 0.00826. The van der Waals surface area contributed by atoms with Gasteiger partial charge in [-0.15, -0.1) is 0 Å². The third-order valence-corrected chi connectivity index (χ3v) is 5.30. The molecule has 0 bridgehead atoms. The quantitative estimate of drug-likeness (QED) is 0.882. The first kappa shape index (κ1) is 19.1. The van der Waals surface area contributed by atoms with Crippen LogP contribution in [0.4, 0.5) is 0 Å². The third kappa shape index (κ3) is 4.76. The second-order valence-corrected chi connectivity index (χ2v) is 7.44. The summed E-state index contributed by atoms with van der Waals surface area (Å²) in [7, 11) is 1.82. The molecular weight excluding hydrogens is 340 g/mol. The fraction of sp³-hybridized carbons (Fsp3) is 0.476. The van der Waals surface area contributed by atoms with E-state index in [4.69, 9.17) is 0 Å². The zero-order chi connectivity index (χ0) is 19.4. The summed E-state index contributed by atoms with van der Waals surface area (Å²) in [6.07, 6.45) is 4.02. The molecule has 2 aromatic rings. The molecule has 0 spiro atoms. The normalized spacial score (nSPS) is 16.2. The van der Waals surface area contributed by atoms with Crippen molar-refractivity contribution in [3.63, 3.8) is 0 Å². The minimum atomic E-state index is 0.00826. The van der Waals surface area contributed by atoms with Crippen LogP contribution in [0.3, 0.4) is 0 Å². The van der Waals surface area contributed by atoms with Gasteiger partial charge >= 0.3 is 0 Å². The van der Waals surface area contributed by atoms with Crippen LogP contribution in [0, 0.1) is 12.8 Å². The maximum absolute atomic E-state index is 12.7. The fourth-order valence-electron chi connectivity index (χ4n) is 3.71. The van der Waals surface area contributed by atoms with Crippen molar-refractivity contribution in [3.8, 4) is 0 Å². The molecule has 1 aromatic carbocycles. The Labute approximate surface area is 160 Å². The number of benzene rings is 1. The second kappa shape index (κ2) is 8.37.